The summed E-state index contributed by atoms with van der Waals surface area (Å²) in [5.74, 6) is 0.101. The van der Waals surface area contributed by atoms with Gasteiger partial charge >= 0.3 is 6.03 Å². The van der Waals surface area contributed by atoms with Crippen LogP contribution in [0.3, 0.4) is 0 Å². The lowest BCUT2D eigenvalue weighted by Crippen LogP contribution is -2.39. The standard InChI is InChI=1S/C21H20N4O2S/c22-20(26)19(16-8-2-1-3-9-16)25-21(27)24-17-10-6-7-15(13-17)14-28-18-11-4-5-12-23-18/h1-13,19H,14H2,(H2,22,26)(H2,24,25,27). The largest absolute Gasteiger partial charge is 0.368 e. The first-order valence-corrected chi connectivity index (χ1v) is 9.65. The fraction of sp³-hybridized carbons (Fsp3) is 0.0952. The lowest BCUT2D eigenvalue weighted by Gasteiger charge is -2.16. The third-order valence-electron chi connectivity index (χ3n) is 3.90. The average molecular weight is 392 g/mol. The van der Waals surface area contributed by atoms with Crippen molar-refractivity contribution in [1.29, 1.82) is 0 Å². The monoisotopic (exact) mass is 392 g/mol. The van der Waals surface area contributed by atoms with Gasteiger partial charge in [-0.3, -0.25) is 4.79 Å². The molecule has 0 saturated heterocycles. The van der Waals surface area contributed by atoms with Crippen LogP contribution in [0.4, 0.5) is 10.5 Å². The van der Waals surface area contributed by atoms with Crippen LogP contribution in [0.1, 0.15) is 17.2 Å². The highest BCUT2D eigenvalue weighted by atomic mass is 32.2. The van der Waals surface area contributed by atoms with Crippen LogP contribution in [-0.4, -0.2) is 16.9 Å². The zero-order valence-corrected chi connectivity index (χ0v) is 15.9. The van der Waals surface area contributed by atoms with E-state index in [0.29, 0.717) is 11.3 Å². The SMILES string of the molecule is NC(=O)C(NC(=O)Nc1cccc(CSc2ccccn2)c1)c1ccccc1. The molecule has 4 N–H and O–H groups in total. The molecule has 28 heavy (non-hydrogen) atoms. The van der Waals surface area contributed by atoms with Gasteiger partial charge in [-0.1, -0.05) is 48.5 Å². The fourth-order valence-corrected chi connectivity index (χ4v) is 3.40. The maximum atomic E-state index is 12.3. The second kappa shape index (κ2) is 9.57. The van der Waals surface area contributed by atoms with Crippen LogP contribution in [0.25, 0.3) is 0 Å². The van der Waals surface area contributed by atoms with Gasteiger partial charge in [0.05, 0.1) is 5.03 Å². The van der Waals surface area contributed by atoms with E-state index in [1.165, 1.54) is 0 Å². The normalized spacial score (nSPS) is 11.4. The molecule has 0 aliphatic heterocycles. The van der Waals surface area contributed by atoms with E-state index >= 15 is 0 Å². The summed E-state index contributed by atoms with van der Waals surface area (Å²) < 4.78 is 0. The van der Waals surface area contributed by atoms with E-state index in [9.17, 15) is 9.59 Å². The second-order valence-corrected chi connectivity index (χ2v) is 7.00. The molecule has 1 heterocycles. The highest BCUT2D eigenvalue weighted by Crippen LogP contribution is 2.22. The Morgan fingerprint density at radius 2 is 1.79 bits per heavy atom. The average Bonchev–Trinajstić information content (AvgIpc) is 2.72. The summed E-state index contributed by atoms with van der Waals surface area (Å²) in [6.07, 6.45) is 1.76. The van der Waals surface area contributed by atoms with Gasteiger partial charge in [-0.15, -0.1) is 11.8 Å². The van der Waals surface area contributed by atoms with Crippen LogP contribution in [0.2, 0.25) is 0 Å². The molecule has 0 bridgehead atoms. The number of thioether (sulfide) groups is 1. The maximum Gasteiger partial charge on any atom is 0.320 e. The zero-order valence-electron chi connectivity index (χ0n) is 15.0. The number of pyridine rings is 1. The molecule has 6 nitrogen and oxygen atoms in total. The lowest BCUT2D eigenvalue weighted by molar-refractivity contribution is -0.119. The van der Waals surface area contributed by atoms with Gasteiger partial charge < -0.3 is 16.4 Å². The minimum atomic E-state index is -0.899. The molecule has 1 atom stereocenters. The van der Waals surface area contributed by atoms with Gasteiger partial charge in [0.1, 0.15) is 6.04 Å². The number of carbonyl (C=O) groups is 2. The molecule has 0 aliphatic rings. The Kier molecular flexibility index (Phi) is 6.64. The number of rotatable bonds is 7. The molecule has 2 aromatic carbocycles. The van der Waals surface area contributed by atoms with Crippen molar-refractivity contribution in [3.8, 4) is 0 Å². The van der Waals surface area contributed by atoms with E-state index in [4.69, 9.17) is 5.73 Å². The molecule has 1 unspecified atom stereocenters. The van der Waals surface area contributed by atoms with Crippen molar-refractivity contribution in [2.45, 2.75) is 16.8 Å². The minimum Gasteiger partial charge on any atom is -0.368 e. The first kappa shape index (κ1) is 19.4. The number of nitrogens with one attached hydrogen (secondary N) is 2. The first-order valence-electron chi connectivity index (χ1n) is 8.66. The van der Waals surface area contributed by atoms with Crippen LogP contribution in [0.15, 0.2) is 84.0 Å². The van der Waals surface area contributed by atoms with Crippen molar-refractivity contribution in [1.82, 2.24) is 10.3 Å². The summed E-state index contributed by atoms with van der Waals surface area (Å²) in [6, 6.07) is 20.8. The van der Waals surface area contributed by atoms with Gasteiger partial charge in [0, 0.05) is 17.6 Å². The Bertz CT molecular complexity index is 935. The first-order chi connectivity index (χ1) is 13.6. The molecule has 3 rings (SSSR count). The quantitative estimate of drug-likeness (QED) is 0.534. The molecular formula is C21H20N4O2S. The Balaban J connectivity index is 1.61. The Morgan fingerprint density at radius 3 is 2.50 bits per heavy atom. The number of carbonyl (C=O) groups excluding carboxylic acids is 2. The summed E-state index contributed by atoms with van der Waals surface area (Å²) in [5.41, 5.74) is 7.75. The molecular weight excluding hydrogens is 372 g/mol. The van der Waals surface area contributed by atoms with Gasteiger partial charge in [0.2, 0.25) is 5.91 Å². The van der Waals surface area contributed by atoms with Gasteiger partial charge in [-0.25, -0.2) is 9.78 Å². The molecule has 3 aromatic rings. The molecule has 1 aromatic heterocycles. The summed E-state index contributed by atoms with van der Waals surface area (Å²) in [5, 5.41) is 6.31. The predicted octanol–water partition coefficient (Wildman–Crippen LogP) is 3.72. The lowest BCUT2D eigenvalue weighted by atomic mass is 10.1. The molecule has 0 saturated carbocycles. The summed E-state index contributed by atoms with van der Waals surface area (Å²) in [4.78, 5) is 28.4. The van der Waals surface area contributed by atoms with Crippen LogP contribution >= 0.6 is 11.8 Å². The van der Waals surface area contributed by atoms with E-state index in [0.717, 1.165) is 16.3 Å². The molecule has 3 amide bonds. The van der Waals surface area contributed by atoms with Crippen LogP contribution < -0.4 is 16.4 Å². The highest BCUT2D eigenvalue weighted by molar-refractivity contribution is 7.98. The molecule has 0 spiro atoms. The van der Waals surface area contributed by atoms with Crippen molar-refractivity contribution in [3.63, 3.8) is 0 Å². The Morgan fingerprint density at radius 1 is 1.00 bits per heavy atom. The summed E-state index contributed by atoms with van der Waals surface area (Å²) in [7, 11) is 0. The van der Waals surface area contributed by atoms with Crippen molar-refractivity contribution in [3.05, 3.63) is 90.1 Å². The zero-order chi connectivity index (χ0) is 19.8. The smallest absolute Gasteiger partial charge is 0.320 e. The number of urea groups is 1. The molecule has 0 radical (unpaired) electrons. The predicted molar refractivity (Wildman–Crippen MR) is 111 cm³/mol. The molecule has 0 aliphatic carbocycles. The van der Waals surface area contributed by atoms with Gasteiger partial charge in [-0.2, -0.15) is 0 Å². The third-order valence-corrected chi connectivity index (χ3v) is 4.92. The van der Waals surface area contributed by atoms with Crippen molar-refractivity contribution in [2.75, 3.05) is 5.32 Å². The number of aromatic nitrogens is 1. The van der Waals surface area contributed by atoms with Crippen molar-refractivity contribution in [2.24, 2.45) is 5.73 Å². The molecule has 0 fully saturated rings. The number of hydrogen-bond acceptors (Lipinski definition) is 4. The van der Waals surface area contributed by atoms with Gasteiger partial charge in [0.25, 0.3) is 0 Å². The number of anilines is 1. The number of primary amides is 1. The number of amides is 3. The summed E-state index contributed by atoms with van der Waals surface area (Å²) >= 11 is 1.61. The van der Waals surface area contributed by atoms with Crippen molar-refractivity contribution >= 4 is 29.4 Å². The number of benzene rings is 2. The number of nitrogens with two attached hydrogens (primary N) is 1. The Labute approximate surface area is 167 Å². The maximum absolute atomic E-state index is 12.3. The summed E-state index contributed by atoms with van der Waals surface area (Å²) in [6.45, 7) is 0. The highest BCUT2D eigenvalue weighted by Gasteiger charge is 2.19. The van der Waals surface area contributed by atoms with Crippen LogP contribution in [-0.2, 0) is 10.5 Å². The fourth-order valence-electron chi connectivity index (χ4n) is 2.59. The van der Waals surface area contributed by atoms with E-state index in [1.807, 2.05) is 42.5 Å². The van der Waals surface area contributed by atoms with Crippen LogP contribution in [0.5, 0.6) is 0 Å². The number of hydrogen-bond donors (Lipinski definition) is 3. The molecule has 142 valence electrons. The van der Waals surface area contributed by atoms with E-state index < -0.39 is 18.0 Å². The van der Waals surface area contributed by atoms with Gasteiger partial charge in [-0.05, 0) is 35.4 Å². The second-order valence-electron chi connectivity index (χ2n) is 6.00. The topological polar surface area (TPSA) is 97.1 Å². The van der Waals surface area contributed by atoms with E-state index in [-0.39, 0.29) is 0 Å². The van der Waals surface area contributed by atoms with Gasteiger partial charge in [0.15, 0.2) is 0 Å². The third kappa shape index (κ3) is 5.59. The molecule has 7 heteroatoms. The van der Waals surface area contributed by atoms with E-state index in [2.05, 4.69) is 15.6 Å². The number of nitrogens with zero attached hydrogens (tertiary/aromatic N) is 1. The minimum absolute atomic E-state index is 0.498. The Hall–Kier alpha value is -3.32. The van der Waals surface area contributed by atoms with Crippen LogP contribution in [0, 0.1) is 0 Å². The van der Waals surface area contributed by atoms with E-state index in [1.54, 1.807) is 48.3 Å². The van der Waals surface area contributed by atoms with Crippen molar-refractivity contribution < 1.29 is 9.59 Å².